The molecule has 0 saturated heterocycles. The van der Waals surface area contributed by atoms with Gasteiger partial charge in [-0.25, -0.2) is 4.79 Å². The monoisotopic (exact) mass is 289 g/mol. The summed E-state index contributed by atoms with van der Waals surface area (Å²) in [5, 5.41) is 14.8. The number of hydrogen-bond acceptors (Lipinski definition) is 3. The normalized spacial score (nSPS) is 12.1. The van der Waals surface area contributed by atoms with Gasteiger partial charge in [0.05, 0.1) is 11.6 Å². The van der Waals surface area contributed by atoms with Crippen molar-refractivity contribution in [2.45, 2.75) is 32.7 Å². The maximum absolute atomic E-state index is 11.4. The Morgan fingerprint density at radius 3 is 2.80 bits per heavy atom. The fourth-order valence-corrected chi connectivity index (χ4v) is 3.02. The molecule has 2 rings (SSSR count). The molecule has 0 fully saturated rings. The average Bonchev–Trinajstić information content (AvgIpc) is 2.93. The second-order valence-corrected chi connectivity index (χ2v) is 5.83. The quantitative estimate of drug-likeness (QED) is 0.809. The van der Waals surface area contributed by atoms with Gasteiger partial charge in [0.25, 0.3) is 0 Å². The summed E-state index contributed by atoms with van der Waals surface area (Å²) in [4.78, 5) is 12.6. The maximum atomic E-state index is 11.4. The molecule has 1 aromatic carbocycles. The number of hydrogen-bond donors (Lipinski definition) is 2. The van der Waals surface area contributed by atoms with Crippen LogP contribution in [0.5, 0.6) is 0 Å². The van der Waals surface area contributed by atoms with E-state index in [4.69, 9.17) is 0 Å². The first-order valence-electron chi connectivity index (χ1n) is 6.75. The smallest absolute Gasteiger partial charge is 0.337 e. The molecule has 0 aliphatic carbocycles. The Kier molecular flexibility index (Phi) is 4.79. The van der Waals surface area contributed by atoms with Crippen molar-refractivity contribution in [3.63, 3.8) is 0 Å². The van der Waals surface area contributed by atoms with Crippen LogP contribution in [0.15, 0.2) is 35.7 Å². The number of benzene rings is 1. The van der Waals surface area contributed by atoms with Crippen LogP contribution in [0.2, 0.25) is 0 Å². The zero-order chi connectivity index (χ0) is 14.5. The predicted octanol–water partition coefficient (Wildman–Crippen LogP) is 4.71. The SMILES string of the molecule is CCCC(Nc1ccc(C)cc1C(=O)O)c1cccs1. The third-order valence-corrected chi connectivity index (χ3v) is 4.19. The molecule has 0 saturated carbocycles. The van der Waals surface area contributed by atoms with E-state index in [9.17, 15) is 9.90 Å². The molecule has 0 aliphatic heterocycles. The molecule has 1 aromatic heterocycles. The van der Waals surface area contributed by atoms with E-state index < -0.39 is 5.97 Å². The van der Waals surface area contributed by atoms with E-state index in [1.807, 2.05) is 30.5 Å². The van der Waals surface area contributed by atoms with E-state index in [0.717, 1.165) is 18.4 Å². The Hall–Kier alpha value is -1.81. The lowest BCUT2D eigenvalue weighted by molar-refractivity contribution is 0.0698. The molecule has 0 radical (unpaired) electrons. The van der Waals surface area contributed by atoms with Crippen molar-refractivity contribution in [1.82, 2.24) is 0 Å². The van der Waals surface area contributed by atoms with Gasteiger partial charge in [0, 0.05) is 10.6 Å². The largest absolute Gasteiger partial charge is 0.478 e. The molecular formula is C16H19NO2S. The highest BCUT2D eigenvalue weighted by Gasteiger charge is 2.16. The Balaban J connectivity index is 2.29. The molecule has 1 unspecified atom stereocenters. The van der Waals surface area contributed by atoms with E-state index in [2.05, 4.69) is 18.3 Å². The number of carbonyl (C=O) groups is 1. The highest BCUT2D eigenvalue weighted by Crippen LogP contribution is 2.29. The van der Waals surface area contributed by atoms with Crippen molar-refractivity contribution in [1.29, 1.82) is 0 Å². The minimum Gasteiger partial charge on any atom is -0.478 e. The molecule has 2 N–H and O–H groups in total. The summed E-state index contributed by atoms with van der Waals surface area (Å²) in [6.07, 6.45) is 2.03. The van der Waals surface area contributed by atoms with E-state index in [1.165, 1.54) is 4.88 Å². The standard InChI is InChI=1S/C16H19NO2S/c1-3-5-14(15-6-4-9-20-15)17-13-8-7-11(2)10-12(13)16(18)19/h4,6-10,14,17H,3,5H2,1-2H3,(H,18,19). The fraction of sp³-hybridized carbons (Fsp3) is 0.312. The first-order valence-corrected chi connectivity index (χ1v) is 7.63. The summed E-state index contributed by atoms with van der Waals surface area (Å²) in [6.45, 7) is 4.04. The molecule has 0 amide bonds. The lowest BCUT2D eigenvalue weighted by Crippen LogP contribution is -2.12. The molecule has 2 aromatic rings. The van der Waals surface area contributed by atoms with Crippen LogP contribution in [0.4, 0.5) is 5.69 Å². The molecular weight excluding hydrogens is 270 g/mol. The van der Waals surface area contributed by atoms with Crippen molar-refractivity contribution in [3.8, 4) is 0 Å². The number of aromatic carboxylic acids is 1. The molecule has 4 heteroatoms. The van der Waals surface area contributed by atoms with E-state index >= 15 is 0 Å². The Bertz CT molecular complexity index is 578. The molecule has 0 aliphatic rings. The molecule has 106 valence electrons. The number of thiophene rings is 1. The van der Waals surface area contributed by atoms with Crippen LogP contribution in [0.3, 0.4) is 0 Å². The number of nitrogens with one attached hydrogen (secondary N) is 1. The van der Waals surface area contributed by atoms with Gasteiger partial charge in [-0.1, -0.05) is 31.0 Å². The third kappa shape index (κ3) is 3.39. The second-order valence-electron chi connectivity index (χ2n) is 4.86. The van der Waals surface area contributed by atoms with Crippen molar-refractivity contribution in [2.24, 2.45) is 0 Å². The van der Waals surface area contributed by atoms with Gasteiger partial charge in [-0.2, -0.15) is 0 Å². The van der Waals surface area contributed by atoms with Crippen LogP contribution in [-0.4, -0.2) is 11.1 Å². The zero-order valence-electron chi connectivity index (χ0n) is 11.7. The molecule has 0 bridgehead atoms. The van der Waals surface area contributed by atoms with Gasteiger partial charge in [0.1, 0.15) is 0 Å². The van der Waals surface area contributed by atoms with Gasteiger partial charge in [0.2, 0.25) is 0 Å². The van der Waals surface area contributed by atoms with E-state index in [-0.39, 0.29) is 6.04 Å². The second kappa shape index (κ2) is 6.57. The van der Waals surface area contributed by atoms with Crippen LogP contribution in [0.25, 0.3) is 0 Å². The Morgan fingerprint density at radius 2 is 2.20 bits per heavy atom. The summed E-state index contributed by atoms with van der Waals surface area (Å²) in [6, 6.07) is 9.79. The van der Waals surface area contributed by atoms with Crippen LogP contribution in [0.1, 0.15) is 46.6 Å². The first kappa shape index (κ1) is 14.6. The lowest BCUT2D eigenvalue weighted by atomic mass is 10.1. The third-order valence-electron chi connectivity index (χ3n) is 3.20. The summed E-state index contributed by atoms with van der Waals surface area (Å²) in [5.74, 6) is -0.891. The zero-order valence-corrected chi connectivity index (χ0v) is 12.5. The van der Waals surface area contributed by atoms with Crippen molar-refractivity contribution >= 4 is 23.0 Å². The topological polar surface area (TPSA) is 49.3 Å². The maximum Gasteiger partial charge on any atom is 0.337 e. The van der Waals surface area contributed by atoms with Crippen LogP contribution in [0, 0.1) is 6.92 Å². The van der Waals surface area contributed by atoms with Crippen LogP contribution >= 0.6 is 11.3 Å². The highest BCUT2D eigenvalue weighted by atomic mass is 32.1. The van der Waals surface area contributed by atoms with Crippen molar-refractivity contribution in [2.75, 3.05) is 5.32 Å². The fourth-order valence-electron chi connectivity index (χ4n) is 2.21. The summed E-state index contributed by atoms with van der Waals surface area (Å²) in [7, 11) is 0. The highest BCUT2D eigenvalue weighted by molar-refractivity contribution is 7.10. The minimum absolute atomic E-state index is 0.167. The van der Waals surface area contributed by atoms with E-state index in [0.29, 0.717) is 11.3 Å². The van der Waals surface area contributed by atoms with Gasteiger partial charge in [-0.05, 0) is 36.9 Å². The number of aryl methyl sites for hydroxylation is 1. The van der Waals surface area contributed by atoms with Gasteiger partial charge in [-0.15, -0.1) is 11.3 Å². The molecule has 20 heavy (non-hydrogen) atoms. The number of rotatable bonds is 6. The van der Waals surface area contributed by atoms with Gasteiger partial charge in [-0.3, -0.25) is 0 Å². The van der Waals surface area contributed by atoms with Crippen LogP contribution in [-0.2, 0) is 0 Å². The average molecular weight is 289 g/mol. The number of carboxylic acids is 1. The van der Waals surface area contributed by atoms with Crippen LogP contribution < -0.4 is 5.32 Å². The lowest BCUT2D eigenvalue weighted by Gasteiger charge is -2.19. The van der Waals surface area contributed by atoms with Gasteiger partial charge < -0.3 is 10.4 Å². The molecule has 1 heterocycles. The summed E-state index contributed by atoms with van der Waals surface area (Å²) < 4.78 is 0. The van der Waals surface area contributed by atoms with Crippen molar-refractivity contribution in [3.05, 3.63) is 51.7 Å². The van der Waals surface area contributed by atoms with E-state index in [1.54, 1.807) is 17.4 Å². The van der Waals surface area contributed by atoms with Gasteiger partial charge >= 0.3 is 5.97 Å². The minimum atomic E-state index is -0.891. The Labute approximate surface area is 123 Å². The first-order chi connectivity index (χ1) is 9.61. The number of anilines is 1. The Morgan fingerprint density at radius 1 is 1.40 bits per heavy atom. The summed E-state index contributed by atoms with van der Waals surface area (Å²) >= 11 is 1.70. The summed E-state index contributed by atoms with van der Waals surface area (Å²) in [5.41, 5.74) is 1.98. The molecule has 0 spiro atoms. The van der Waals surface area contributed by atoms with Crippen molar-refractivity contribution < 1.29 is 9.90 Å². The van der Waals surface area contributed by atoms with Gasteiger partial charge in [0.15, 0.2) is 0 Å². The predicted molar refractivity (Wildman–Crippen MR) is 83.7 cm³/mol. The molecule has 3 nitrogen and oxygen atoms in total. The number of carboxylic acid groups (broad SMARTS) is 1. The molecule has 1 atom stereocenters.